The Kier molecular flexibility index (Phi) is 6.05. The van der Waals surface area contributed by atoms with Gasteiger partial charge in [0.15, 0.2) is 0 Å². The highest BCUT2D eigenvalue weighted by Crippen LogP contribution is 2.39. The molecule has 1 aliphatic rings. The van der Waals surface area contributed by atoms with E-state index in [4.69, 9.17) is 4.74 Å². The van der Waals surface area contributed by atoms with E-state index in [2.05, 4.69) is 5.32 Å². The first-order chi connectivity index (χ1) is 14.6. The molecule has 3 aromatic rings. The molecule has 6 heteroatoms. The lowest BCUT2D eigenvalue weighted by atomic mass is 10.0. The Labute approximate surface area is 180 Å². The zero-order valence-electron chi connectivity index (χ0n) is 16.6. The predicted octanol–water partition coefficient (Wildman–Crippen LogP) is 4.90. The minimum Gasteiger partial charge on any atom is -0.489 e. The molecule has 0 aliphatic carbocycles. The first-order valence-corrected chi connectivity index (χ1v) is 10.7. The summed E-state index contributed by atoms with van der Waals surface area (Å²) in [6, 6.07) is 24.9. The van der Waals surface area contributed by atoms with Crippen molar-refractivity contribution < 1.29 is 14.3 Å². The molecule has 3 aromatic carbocycles. The molecule has 0 saturated carbocycles. The van der Waals surface area contributed by atoms with Gasteiger partial charge in [-0.3, -0.25) is 14.5 Å². The molecule has 0 saturated heterocycles. The summed E-state index contributed by atoms with van der Waals surface area (Å²) in [5, 5.41) is 2.75. The number of thioether (sulfide) groups is 1. The minimum absolute atomic E-state index is 0.0236. The number of carbonyl (C=O) groups is 2. The van der Waals surface area contributed by atoms with E-state index in [0.717, 1.165) is 27.6 Å². The number of para-hydroxylation sites is 2. The van der Waals surface area contributed by atoms with Crippen LogP contribution >= 0.6 is 11.8 Å². The van der Waals surface area contributed by atoms with E-state index >= 15 is 0 Å². The molecule has 1 aliphatic heterocycles. The van der Waals surface area contributed by atoms with Gasteiger partial charge >= 0.3 is 0 Å². The third kappa shape index (κ3) is 4.49. The number of hydrogen-bond donors (Lipinski definition) is 1. The molecule has 30 heavy (non-hydrogen) atoms. The summed E-state index contributed by atoms with van der Waals surface area (Å²) in [7, 11) is 0. The minimum atomic E-state index is -0.170. The Hall–Kier alpha value is -3.25. The normalized spacial score (nSPS) is 15.1. The van der Waals surface area contributed by atoms with Crippen molar-refractivity contribution in [3.63, 3.8) is 0 Å². The van der Waals surface area contributed by atoms with Crippen molar-refractivity contribution in [3.8, 4) is 5.75 Å². The van der Waals surface area contributed by atoms with Crippen LogP contribution in [0.25, 0.3) is 0 Å². The number of nitrogens with one attached hydrogen (secondary N) is 1. The van der Waals surface area contributed by atoms with Gasteiger partial charge in [0, 0.05) is 17.5 Å². The summed E-state index contributed by atoms with van der Waals surface area (Å²) in [5.41, 5.74) is 2.58. The van der Waals surface area contributed by atoms with Crippen LogP contribution in [0, 0.1) is 0 Å². The van der Waals surface area contributed by atoms with E-state index in [1.54, 1.807) is 0 Å². The number of fused-ring (bicyclic) bond motifs is 1. The van der Waals surface area contributed by atoms with Crippen LogP contribution in [0.1, 0.15) is 18.5 Å². The maximum atomic E-state index is 13.3. The Morgan fingerprint density at radius 3 is 2.43 bits per heavy atom. The van der Waals surface area contributed by atoms with Crippen LogP contribution in [0.2, 0.25) is 0 Å². The van der Waals surface area contributed by atoms with E-state index in [9.17, 15) is 9.59 Å². The molecule has 1 N–H and O–H groups in total. The summed E-state index contributed by atoms with van der Waals surface area (Å²) >= 11 is 1.48. The average molecular weight is 419 g/mol. The molecule has 0 aromatic heterocycles. The van der Waals surface area contributed by atoms with E-state index in [-0.39, 0.29) is 17.9 Å². The smallest absolute Gasteiger partial charge is 0.238 e. The number of hydrogen-bond acceptors (Lipinski definition) is 4. The van der Waals surface area contributed by atoms with Crippen molar-refractivity contribution >= 4 is 35.0 Å². The number of carbonyl (C=O) groups excluding carboxylic acids is 2. The van der Waals surface area contributed by atoms with Gasteiger partial charge in [0.25, 0.3) is 0 Å². The van der Waals surface area contributed by atoms with Crippen LogP contribution in [-0.2, 0) is 9.59 Å². The highest BCUT2D eigenvalue weighted by atomic mass is 32.2. The fourth-order valence-corrected chi connectivity index (χ4v) is 4.23. The van der Waals surface area contributed by atoms with Crippen molar-refractivity contribution in [3.05, 3.63) is 84.4 Å². The average Bonchev–Trinajstić information content (AvgIpc) is 2.78. The van der Waals surface area contributed by atoms with Gasteiger partial charge in [-0.15, -0.1) is 11.8 Å². The van der Waals surface area contributed by atoms with Crippen LogP contribution in [0.4, 0.5) is 11.4 Å². The second kappa shape index (κ2) is 9.05. The van der Waals surface area contributed by atoms with E-state index in [0.29, 0.717) is 12.4 Å². The van der Waals surface area contributed by atoms with E-state index in [1.165, 1.54) is 18.7 Å². The van der Waals surface area contributed by atoms with Crippen molar-refractivity contribution in [2.24, 2.45) is 0 Å². The summed E-state index contributed by atoms with van der Waals surface area (Å²) in [4.78, 5) is 27.3. The van der Waals surface area contributed by atoms with Gasteiger partial charge in [-0.2, -0.15) is 0 Å². The van der Waals surface area contributed by atoms with Crippen molar-refractivity contribution in [2.45, 2.75) is 17.9 Å². The van der Waals surface area contributed by atoms with Crippen LogP contribution in [0.3, 0.4) is 0 Å². The first-order valence-electron chi connectivity index (χ1n) is 9.71. The molecular formula is C24H22N2O3S. The zero-order chi connectivity index (χ0) is 20.9. The lowest BCUT2D eigenvalue weighted by Gasteiger charge is -2.37. The third-order valence-electron chi connectivity index (χ3n) is 4.82. The van der Waals surface area contributed by atoms with Gasteiger partial charge in [-0.1, -0.05) is 42.5 Å². The first kappa shape index (κ1) is 20.0. The Morgan fingerprint density at radius 1 is 1.00 bits per heavy atom. The molecule has 1 heterocycles. The van der Waals surface area contributed by atoms with Crippen molar-refractivity contribution in [1.29, 1.82) is 0 Å². The highest BCUT2D eigenvalue weighted by molar-refractivity contribution is 8.00. The molecule has 0 unspecified atom stereocenters. The summed E-state index contributed by atoms with van der Waals surface area (Å²) < 4.78 is 5.94. The quantitative estimate of drug-likeness (QED) is 0.599. The van der Waals surface area contributed by atoms with Crippen LogP contribution < -0.4 is 15.0 Å². The van der Waals surface area contributed by atoms with Gasteiger partial charge in [0.2, 0.25) is 11.8 Å². The molecule has 1 atom stereocenters. The standard InChI is InChI=1S/C24H22N2O3S/c1-17(27)25-19-11-13-20(14-12-19)30-16-24(28)26-21-9-5-6-10-23(21)29-15-22(26)18-7-3-2-4-8-18/h2-14,22H,15-16H2,1H3,(H,25,27)/t22-/m0/s1. The van der Waals surface area contributed by atoms with Crippen LogP contribution in [0.5, 0.6) is 5.75 Å². The maximum absolute atomic E-state index is 13.3. The monoisotopic (exact) mass is 418 g/mol. The number of amides is 2. The van der Waals surface area contributed by atoms with Gasteiger partial charge in [-0.25, -0.2) is 0 Å². The molecular weight excluding hydrogens is 396 g/mol. The molecule has 152 valence electrons. The second-order valence-corrected chi connectivity index (χ2v) is 8.01. The summed E-state index contributed by atoms with van der Waals surface area (Å²) in [6.45, 7) is 1.90. The fourth-order valence-electron chi connectivity index (χ4n) is 3.47. The number of nitrogens with zero attached hydrogens (tertiary/aromatic N) is 1. The lowest BCUT2D eigenvalue weighted by Crippen LogP contribution is -2.42. The molecule has 5 nitrogen and oxygen atoms in total. The molecule has 0 radical (unpaired) electrons. The van der Waals surface area contributed by atoms with Crippen molar-refractivity contribution in [1.82, 2.24) is 0 Å². The SMILES string of the molecule is CC(=O)Nc1ccc(SCC(=O)N2c3ccccc3OC[C@H]2c2ccccc2)cc1. The van der Waals surface area contributed by atoms with Gasteiger partial charge < -0.3 is 10.1 Å². The Morgan fingerprint density at radius 2 is 1.70 bits per heavy atom. The van der Waals surface area contributed by atoms with Gasteiger partial charge in [0.1, 0.15) is 12.4 Å². The molecule has 0 fully saturated rings. The Bertz CT molecular complexity index is 1040. The summed E-state index contributed by atoms with van der Waals surface area (Å²) in [5.74, 6) is 0.943. The van der Waals surface area contributed by atoms with E-state index < -0.39 is 0 Å². The topological polar surface area (TPSA) is 58.6 Å². The highest BCUT2D eigenvalue weighted by Gasteiger charge is 2.33. The number of benzene rings is 3. The van der Waals surface area contributed by atoms with Crippen LogP contribution in [-0.4, -0.2) is 24.2 Å². The van der Waals surface area contributed by atoms with E-state index in [1.807, 2.05) is 83.8 Å². The third-order valence-corrected chi connectivity index (χ3v) is 5.82. The predicted molar refractivity (Wildman–Crippen MR) is 120 cm³/mol. The number of ether oxygens (including phenoxy) is 1. The second-order valence-electron chi connectivity index (χ2n) is 6.96. The molecule has 0 bridgehead atoms. The van der Waals surface area contributed by atoms with Crippen LogP contribution in [0.15, 0.2) is 83.8 Å². The zero-order valence-corrected chi connectivity index (χ0v) is 17.4. The summed E-state index contributed by atoms with van der Waals surface area (Å²) in [6.07, 6.45) is 0. The molecule has 0 spiro atoms. The molecule has 4 rings (SSSR count). The van der Waals surface area contributed by atoms with Crippen molar-refractivity contribution in [2.75, 3.05) is 22.6 Å². The lowest BCUT2D eigenvalue weighted by molar-refractivity contribution is -0.117. The maximum Gasteiger partial charge on any atom is 0.238 e. The van der Waals surface area contributed by atoms with Gasteiger partial charge in [0.05, 0.1) is 17.5 Å². The largest absolute Gasteiger partial charge is 0.489 e. The number of rotatable bonds is 5. The Balaban J connectivity index is 1.53. The number of anilines is 2. The van der Waals surface area contributed by atoms with Gasteiger partial charge in [-0.05, 0) is 42.0 Å². The fraction of sp³-hybridized carbons (Fsp3) is 0.167. The molecule has 2 amide bonds.